The van der Waals surface area contributed by atoms with Gasteiger partial charge < -0.3 is 9.32 Å². The summed E-state index contributed by atoms with van der Waals surface area (Å²) in [7, 11) is 1.79. The number of aryl methyl sites for hydroxylation is 1. The van der Waals surface area contributed by atoms with Crippen LogP contribution in [0.15, 0.2) is 59.3 Å². The number of aromatic nitrogens is 1. The van der Waals surface area contributed by atoms with Crippen LogP contribution in [0.5, 0.6) is 0 Å². The summed E-state index contributed by atoms with van der Waals surface area (Å²) in [5.41, 5.74) is 4.62. The smallest absolute Gasteiger partial charge is 0.226 e. The third kappa shape index (κ3) is 4.14. The summed E-state index contributed by atoms with van der Waals surface area (Å²) >= 11 is 0. The molecule has 5 heteroatoms. The lowest BCUT2D eigenvalue weighted by Gasteiger charge is -2.19. The van der Waals surface area contributed by atoms with Gasteiger partial charge in [-0.05, 0) is 35.7 Å². The molecule has 1 aromatic heterocycles. The number of nitrogens with zero attached hydrogens (tertiary/aromatic N) is 2. The fourth-order valence-electron chi connectivity index (χ4n) is 3.01. The largest absolute Gasteiger partial charge is 0.449 e. The molecule has 138 valence electrons. The van der Waals surface area contributed by atoms with Crippen LogP contribution in [0.25, 0.3) is 11.1 Å². The number of oxazole rings is 1. The fourth-order valence-corrected chi connectivity index (χ4v) is 3.01. The van der Waals surface area contributed by atoms with E-state index in [-0.39, 0.29) is 18.1 Å². The second kappa shape index (κ2) is 7.99. The van der Waals surface area contributed by atoms with Crippen molar-refractivity contribution in [1.82, 2.24) is 4.98 Å². The molecule has 0 saturated heterocycles. The zero-order chi connectivity index (χ0) is 19.4. The van der Waals surface area contributed by atoms with E-state index in [9.17, 15) is 9.59 Å². The van der Waals surface area contributed by atoms with E-state index in [0.29, 0.717) is 17.9 Å². The summed E-state index contributed by atoms with van der Waals surface area (Å²) in [5.74, 6) is 0.469. The third-order valence-corrected chi connectivity index (χ3v) is 4.57. The van der Waals surface area contributed by atoms with Crippen LogP contribution in [0.1, 0.15) is 35.2 Å². The molecule has 0 aliphatic rings. The van der Waals surface area contributed by atoms with Gasteiger partial charge in [-0.2, -0.15) is 0 Å². The molecule has 0 N–H and O–H groups in total. The van der Waals surface area contributed by atoms with Gasteiger partial charge >= 0.3 is 0 Å². The molecule has 0 spiro atoms. The minimum Gasteiger partial charge on any atom is -0.449 e. The number of hydrogen-bond donors (Lipinski definition) is 0. The van der Waals surface area contributed by atoms with Gasteiger partial charge in [0.1, 0.15) is 6.26 Å². The molecule has 27 heavy (non-hydrogen) atoms. The summed E-state index contributed by atoms with van der Waals surface area (Å²) in [5, 5.41) is 0. The minimum absolute atomic E-state index is 0.0322. The second-order valence-corrected chi connectivity index (χ2v) is 6.41. The van der Waals surface area contributed by atoms with Crippen molar-refractivity contribution in [3.8, 4) is 11.1 Å². The van der Waals surface area contributed by atoms with Crippen molar-refractivity contribution >= 4 is 17.4 Å². The SMILES string of the molecule is CCC(=O)N(C)c1ccc(-c2ccc(C(=O)Cc3ncco3)cc2)cc1C. The van der Waals surface area contributed by atoms with Crippen LogP contribution in [-0.4, -0.2) is 23.7 Å². The standard InChI is InChI=1S/C22H22N2O3/c1-4-22(26)24(3)19-10-9-18(13-15(19)2)16-5-7-17(8-6-16)20(25)14-21-23-11-12-27-21/h5-13H,4,14H2,1-3H3. The van der Waals surface area contributed by atoms with Crippen molar-refractivity contribution in [2.24, 2.45) is 0 Å². The molecular weight excluding hydrogens is 340 g/mol. The van der Waals surface area contributed by atoms with Crippen LogP contribution in [0.2, 0.25) is 0 Å². The Balaban J connectivity index is 1.78. The first-order valence-electron chi connectivity index (χ1n) is 8.88. The van der Waals surface area contributed by atoms with Crippen LogP contribution in [0, 0.1) is 6.92 Å². The summed E-state index contributed by atoms with van der Waals surface area (Å²) < 4.78 is 5.13. The van der Waals surface area contributed by atoms with Crippen LogP contribution in [0.4, 0.5) is 5.69 Å². The number of benzene rings is 2. The van der Waals surface area contributed by atoms with Gasteiger partial charge in [0.25, 0.3) is 0 Å². The number of carbonyl (C=O) groups is 2. The number of hydrogen-bond acceptors (Lipinski definition) is 4. The van der Waals surface area contributed by atoms with E-state index in [1.165, 1.54) is 12.5 Å². The highest BCUT2D eigenvalue weighted by Gasteiger charge is 2.13. The second-order valence-electron chi connectivity index (χ2n) is 6.41. The summed E-state index contributed by atoms with van der Waals surface area (Å²) in [6.45, 7) is 3.85. The molecule has 1 heterocycles. The molecule has 0 fully saturated rings. The van der Waals surface area contributed by atoms with E-state index < -0.39 is 0 Å². The minimum atomic E-state index is -0.0322. The van der Waals surface area contributed by atoms with Crippen LogP contribution < -0.4 is 4.90 Å². The molecule has 0 saturated carbocycles. The first-order valence-corrected chi connectivity index (χ1v) is 8.88. The third-order valence-electron chi connectivity index (χ3n) is 4.57. The summed E-state index contributed by atoms with van der Waals surface area (Å²) in [6.07, 6.45) is 3.62. The number of carbonyl (C=O) groups excluding carboxylic acids is 2. The molecule has 2 aromatic carbocycles. The van der Waals surface area contributed by atoms with Gasteiger partial charge in [0, 0.05) is 24.7 Å². The van der Waals surface area contributed by atoms with Crippen LogP contribution in [0.3, 0.4) is 0 Å². The van der Waals surface area contributed by atoms with E-state index in [1.807, 2.05) is 50.2 Å². The van der Waals surface area contributed by atoms with E-state index in [0.717, 1.165) is 22.4 Å². The maximum atomic E-state index is 12.3. The molecule has 5 nitrogen and oxygen atoms in total. The van der Waals surface area contributed by atoms with Crippen molar-refractivity contribution in [2.75, 3.05) is 11.9 Å². The molecule has 3 aromatic rings. The fraction of sp³-hybridized carbons (Fsp3) is 0.227. The lowest BCUT2D eigenvalue weighted by molar-refractivity contribution is -0.118. The van der Waals surface area contributed by atoms with Crippen molar-refractivity contribution in [2.45, 2.75) is 26.7 Å². The zero-order valence-electron chi connectivity index (χ0n) is 15.7. The summed E-state index contributed by atoms with van der Waals surface area (Å²) in [4.78, 5) is 29.9. The molecular formula is C22H22N2O3. The summed E-state index contributed by atoms with van der Waals surface area (Å²) in [6, 6.07) is 13.5. The topological polar surface area (TPSA) is 63.4 Å². The number of ketones is 1. The lowest BCUT2D eigenvalue weighted by atomic mass is 9.99. The van der Waals surface area contributed by atoms with E-state index in [2.05, 4.69) is 11.1 Å². The first-order chi connectivity index (χ1) is 13.0. The average molecular weight is 362 g/mol. The molecule has 3 rings (SSSR count). The van der Waals surface area contributed by atoms with Gasteiger partial charge in [-0.15, -0.1) is 0 Å². The Morgan fingerprint density at radius 2 is 1.78 bits per heavy atom. The highest BCUT2D eigenvalue weighted by atomic mass is 16.3. The van der Waals surface area contributed by atoms with Crippen LogP contribution in [-0.2, 0) is 11.2 Å². The quantitative estimate of drug-likeness (QED) is 0.608. The van der Waals surface area contributed by atoms with Gasteiger partial charge in [0.15, 0.2) is 5.78 Å². The Morgan fingerprint density at radius 1 is 1.07 bits per heavy atom. The maximum Gasteiger partial charge on any atom is 0.226 e. The normalized spacial score (nSPS) is 10.6. The number of amides is 1. The monoisotopic (exact) mass is 362 g/mol. The van der Waals surface area contributed by atoms with Crippen LogP contribution >= 0.6 is 0 Å². The van der Waals surface area contributed by atoms with Crippen molar-refractivity contribution in [3.05, 3.63) is 71.9 Å². The van der Waals surface area contributed by atoms with Gasteiger partial charge in [-0.3, -0.25) is 9.59 Å². The Labute approximate surface area is 158 Å². The highest BCUT2D eigenvalue weighted by molar-refractivity contribution is 5.97. The Kier molecular flexibility index (Phi) is 5.50. The van der Waals surface area contributed by atoms with E-state index >= 15 is 0 Å². The number of rotatable bonds is 6. The lowest BCUT2D eigenvalue weighted by Crippen LogP contribution is -2.25. The molecule has 1 amide bonds. The molecule has 0 aliphatic heterocycles. The van der Waals surface area contributed by atoms with E-state index in [1.54, 1.807) is 11.9 Å². The Morgan fingerprint density at radius 3 is 2.37 bits per heavy atom. The molecule has 0 atom stereocenters. The number of Topliss-reactive ketones (excluding diaryl/α,β-unsaturated/α-hetero) is 1. The predicted octanol–water partition coefficient (Wildman–Crippen LogP) is 4.45. The maximum absolute atomic E-state index is 12.3. The van der Waals surface area contributed by atoms with E-state index in [4.69, 9.17) is 4.42 Å². The predicted molar refractivity (Wildman–Crippen MR) is 105 cm³/mol. The Bertz CT molecular complexity index is 944. The average Bonchev–Trinajstić information content (AvgIpc) is 3.19. The van der Waals surface area contributed by atoms with Gasteiger partial charge in [0.2, 0.25) is 11.8 Å². The van der Waals surface area contributed by atoms with Crippen molar-refractivity contribution < 1.29 is 14.0 Å². The molecule has 0 unspecified atom stereocenters. The highest BCUT2D eigenvalue weighted by Crippen LogP contribution is 2.27. The molecule has 0 bridgehead atoms. The van der Waals surface area contributed by atoms with Gasteiger partial charge in [0.05, 0.1) is 12.6 Å². The van der Waals surface area contributed by atoms with Crippen molar-refractivity contribution in [3.63, 3.8) is 0 Å². The Hall–Kier alpha value is -3.21. The van der Waals surface area contributed by atoms with Gasteiger partial charge in [-0.25, -0.2) is 4.98 Å². The molecule has 0 radical (unpaired) electrons. The number of anilines is 1. The molecule has 0 aliphatic carbocycles. The zero-order valence-corrected chi connectivity index (χ0v) is 15.7. The van der Waals surface area contributed by atoms with Crippen molar-refractivity contribution in [1.29, 1.82) is 0 Å². The first kappa shape index (κ1) is 18.6. The van der Waals surface area contributed by atoms with Gasteiger partial charge in [-0.1, -0.05) is 37.3 Å².